The van der Waals surface area contributed by atoms with Crippen LogP contribution < -0.4 is 4.90 Å². The lowest BCUT2D eigenvalue weighted by Gasteiger charge is -2.24. The summed E-state index contributed by atoms with van der Waals surface area (Å²) in [5.74, 6) is 0.459. The smallest absolute Gasteiger partial charge is 0.0542 e. The zero-order valence-corrected chi connectivity index (χ0v) is 29.1. The molecule has 2 heterocycles. The summed E-state index contributed by atoms with van der Waals surface area (Å²) >= 11 is 1.87. The van der Waals surface area contributed by atoms with Gasteiger partial charge in [-0.3, -0.25) is 0 Å². The van der Waals surface area contributed by atoms with Crippen LogP contribution in [-0.2, 0) is 6.42 Å². The molecule has 0 N–H and O–H groups in total. The van der Waals surface area contributed by atoms with Crippen molar-refractivity contribution in [1.82, 2.24) is 4.57 Å². The van der Waals surface area contributed by atoms with Crippen LogP contribution >= 0.6 is 11.3 Å². The van der Waals surface area contributed by atoms with Crippen molar-refractivity contribution in [1.29, 1.82) is 0 Å². The fourth-order valence-electron chi connectivity index (χ4n) is 7.47. The lowest BCUT2D eigenvalue weighted by molar-refractivity contribution is 0.926. The van der Waals surface area contributed by atoms with Crippen molar-refractivity contribution in [3.05, 3.63) is 175 Å². The first-order chi connectivity index (χ1) is 24.1. The molecular formula is C46H40N2S. The first-order valence-corrected chi connectivity index (χ1v) is 18.1. The van der Waals surface area contributed by atoms with Gasteiger partial charge in [-0.2, -0.15) is 0 Å². The van der Waals surface area contributed by atoms with Gasteiger partial charge in [-0.05, 0) is 92.1 Å². The van der Waals surface area contributed by atoms with Crippen LogP contribution in [0.15, 0.2) is 163 Å². The highest BCUT2D eigenvalue weighted by atomic mass is 32.1. The molecular weight excluding hydrogens is 613 g/mol. The Balaban J connectivity index is 1.24. The molecule has 0 fully saturated rings. The molecule has 240 valence electrons. The molecule has 0 amide bonds. The maximum absolute atomic E-state index is 2.46. The molecule has 1 aliphatic carbocycles. The number of rotatable bonds is 8. The number of fused-ring (bicyclic) bond motifs is 7. The molecule has 0 saturated carbocycles. The van der Waals surface area contributed by atoms with E-state index in [4.69, 9.17) is 0 Å². The Morgan fingerprint density at radius 1 is 0.735 bits per heavy atom. The number of aromatic nitrogens is 1. The molecule has 5 aromatic carbocycles. The van der Waals surface area contributed by atoms with E-state index in [9.17, 15) is 0 Å². The zero-order valence-electron chi connectivity index (χ0n) is 28.3. The lowest BCUT2D eigenvalue weighted by Crippen LogP contribution is -2.16. The van der Waals surface area contributed by atoms with Gasteiger partial charge >= 0.3 is 0 Å². The molecule has 8 rings (SSSR count). The molecule has 2 aromatic heterocycles. The Morgan fingerprint density at radius 3 is 2.29 bits per heavy atom. The van der Waals surface area contributed by atoms with Crippen LogP contribution in [0.4, 0.5) is 11.4 Å². The van der Waals surface area contributed by atoms with Crippen LogP contribution in [-0.4, -0.2) is 11.1 Å². The summed E-state index contributed by atoms with van der Waals surface area (Å²) in [5, 5.41) is 5.14. The molecule has 7 aromatic rings. The maximum Gasteiger partial charge on any atom is 0.0542 e. The minimum atomic E-state index is 0.459. The van der Waals surface area contributed by atoms with Crippen LogP contribution in [0.25, 0.3) is 47.7 Å². The fraction of sp³-hybridized carbons (Fsp3) is 0.130. The zero-order chi connectivity index (χ0) is 33.3. The van der Waals surface area contributed by atoms with Gasteiger partial charge in [0.25, 0.3) is 0 Å². The lowest BCUT2D eigenvalue weighted by atomic mass is 10.00. The van der Waals surface area contributed by atoms with Crippen molar-refractivity contribution >= 4 is 70.4 Å². The molecule has 0 aliphatic heterocycles. The highest BCUT2D eigenvalue weighted by Gasteiger charge is 2.22. The average molecular weight is 653 g/mol. The van der Waals surface area contributed by atoms with E-state index >= 15 is 0 Å². The Kier molecular flexibility index (Phi) is 8.37. The quantitative estimate of drug-likeness (QED) is 0.148. The van der Waals surface area contributed by atoms with Crippen LogP contribution in [0.1, 0.15) is 37.8 Å². The second-order valence-corrected chi connectivity index (χ2v) is 13.9. The van der Waals surface area contributed by atoms with Crippen LogP contribution in [0.5, 0.6) is 0 Å². The summed E-state index contributed by atoms with van der Waals surface area (Å²) in [5.41, 5.74) is 10.3. The number of nitrogens with zero attached hydrogens (tertiary/aromatic N) is 2. The highest BCUT2D eigenvalue weighted by molar-refractivity contribution is 7.25. The van der Waals surface area contributed by atoms with Crippen molar-refractivity contribution in [2.24, 2.45) is 0 Å². The van der Waals surface area contributed by atoms with Crippen molar-refractivity contribution < 1.29 is 0 Å². The first-order valence-electron chi connectivity index (χ1n) is 17.3. The van der Waals surface area contributed by atoms with Crippen molar-refractivity contribution in [3.8, 4) is 0 Å². The molecule has 0 spiro atoms. The van der Waals surface area contributed by atoms with E-state index < -0.39 is 0 Å². The molecule has 49 heavy (non-hydrogen) atoms. The standard InChI is InChI=1S/C46H40N2S/c1-4-6-18-35(15-5-2)48-43-22-11-9-20-39(43)41-30-36(24-26-44(41)48)47(28-14-13-16-33-29-34-17-7-8-19-38(34)32(33)3)37-25-27-46-42(31-37)40-21-10-12-23-45(40)49-46/h4-27,30-32H,28-29H2,1-3H3/b6-4+,14-13-,15-5-,33-16-,35-18+/t32-/m1/s1. The van der Waals surface area contributed by atoms with Crippen LogP contribution in [0.2, 0.25) is 0 Å². The number of thiophene rings is 1. The van der Waals surface area contributed by atoms with E-state index in [1.807, 2.05) is 11.3 Å². The Hall–Kier alpha value is -5.38. The molecule has 2 nitrogen and oxygen atoms in total. The average Bonchev–Trinajstić information content (AvgIpc) is 3.78. The van der Waals surface area contributed by atoms with Crippen molar-refractivity contribution in [2.75, 3.05) is 11.4 Å². The Labute approximate surface area is 292 Å². The van der Waals surface area contributed by atoms with Gasteiger partial charge in [-0.1, -0.05) is 110 Å². The number of hydrogen-bond donors (Lipinski definition) is 0. The van der Waals surface area contributed by atoms with Gasteiger partial charge in [0.15, 0.2) is 0 Å². The summed E-state index contributed by atoms with van der Waals surface area (Å²) in [6.07, 6.45) is 18.6. The number of hydrogen-bond acceptors (Lipinski definition) is 2. The molecule has 0 bridgehead atoms. The summed E-state index contributed by atoms with van der Waals surface area (Å²) in [6.45, 7) is 7.23. The van der Waals surface area contributed by atoms with Crippen molar-refractivity contribution in [2.45, 2.75) is 33.1 Å². The minimum absolute atomic E-state index is 0.459. The third kappa shape index (κ3) is 5.64. The van der Waals surface area contributed by atoms with Gasteiger partial charge in [-0.25, -0.2) is 0 Å². The number of anilines is 2. The number of benzene rings is 5. The van der Waals surface area contributed by atoms with E-state index in [0.717, 1.165) is 18.7 Å². The van der Waals surface area contributed by atoms with E-state index in [1.54, 1.807) is 0 Å². The summed E-state index contributed by atoms with van der Waals surface area (Å²) in [6, 6.07) is 40.3. The van der Waals surface area contributed by atoms with Crippen molar-refractivity contribution in [3.63, 3.8) is 0 Å². The molecule has 1 aliphatic rings. The third-order valence-corrected chi connectivity index (χ3v) is 11.1. The molecule has 0 saturated heterocycles. The van der Waals surface area contributed by atoms with Crippen LogP contribution in [0.3, 0.4) is 0 Å². The SMILES string of the molecule is C\C=C/C(=C\C=C\C)n1c2ccccc2c2cc(N(C/C=C\C=C3\Cc4ccccc4[C@@H]3C)c3ccc4sc5ccccc5c4c3)ccc21. The predicted molar refractivity (Wildman–Crippen MR) is 215 cm³/mol. The molecule has 3 heteroatoms. The summed E-state index contributed by atoms with van der Waals surface area (Å²) < 4.78 is 5.04. The van der Waals surface area contributed by atoms with Gasteiger partial charge in [0.1, 0.15) is 0 Å². The summed E-state index contributed by atoms with van der Waals surface area (Å²) in [7, 11) is 0. The fourth-order valence-corrected chi connectivity index (χ4v) is 8.56. The van der Waals surface area contributed by atoms with E-state index in [0.29, 0.717) is 5.92 Å². The predicted octanol–water partition coefficient (Wildman–Crippen LogP) is 13.1. The molecule has 0 radical (unpaired) electrons. The topological polar surface area (TPSA) is 8.17 Å². The third-order valence-electron chi connectivity index (χ3n) is 9.90. The van der Waals surface area contributed by atoms with Gasteiger partial charge < -0.3 is 9.47 Å². The second-order valence-electron chi connectivity index (χ2n) is 12.8. The molecule has 0 unspecified atom stereocenters. The van der Waals surface area contributed by atoms with Crippen LogP contribution in [0, 0.1) is 0 Å². The number of allylic oxidation sites excluding steroid dienone is 9. The van der Waals surface area contributed by atoms with Gasteiger partial charge in [0.2, 0.25) is 0 Å². The Bertz CT molecular complexity index is 2500. The summed E-state index contributed by atoms with van der Waals surface area (Å²) in [4.78, 5) is 2.46. The van der Waals surface area contributed by atoms with Gasteiger partial charge in [0, 0.05) is 60.5 Å². The normalized spacial score (nSPS) is 16.2. The number of para-hydroxylation sites is 1. The molecule has 1 atom stereocenters. The Morgan fingerprint density at radius 2 is 1.45 bits per heavy atom. The largest absolute Gasteiger partial charge is 0.338 e. The first kappa shape index (κ1) is 30.9. The van der Waals surface area contributed by atoms with Gasteiger partial charge in [0.05, 0.1) is 11.0 Å². The van der Waals surface area contributed by atoms with E-state index in [-0.39, 0.29) is 0 Å². The maximum atomic E-state index is 2.46. The van der Waals surface area contributed by atoms with Gasteiger partial charge in [-0.15, -0.1) is 11.3 Å². The minimum Gasteiger partial charge on any atom is -0.338 e. The highest BCUT2D eigenvalue weighted by Crippen LogP contribution is 2.40. The van der Waals surface area contributed by atoms with E-state index in [2.05, 4.69) is 188 Å². The second kappa shape index (κ2) is 13.3. The monoisotopic (exact) mass is 652 g/mol. The van der Waals surface area contributed by atoms with E-state index in [1.165, 1.54) is 70.1 Å².